The lowest BCUT2D eigenvalue weighted by molar-refractivity contribution is 0.392. The molecule has 0 bridgehead atoms. The molecule has 1 aromatic heterocycles. The van der Waals surface area contributed by atoms with Crippen LogP contribution < -0.4 is 5.32 Å². The maximum atomic E-state index is 8.99. The molecule has 0 aliphatic rings. The van der Waals surface area contributed by atoms with Gasteiger partial charge in [-0.25, -0.2) is 0 Å². The third-order valence-electron chi connectivity index (χ3n) is 2.09. The van der Waals surface area contributed by atoms with E-state index in [1.54, 1.807) is 11.3 Å². The van der Waals surface area contributed by atoms with Gasteiger partial charge in [0.15, 0.2) is 0 Å². The predicted octanol–water partition coefficient (Wildman–Crippen LogP) is 1.85. The molecule has 82 valence electrons. The maximum absolute atomic E-state index is 8.99. The first-order chi connectivity index (χ1) is 7.24. The van der Waals surface area contributed by atoms with Crippen molar-refractivity contribution in [1.82, 2.24) is 10.2 Å². The van der Waals surface area contributed by atoms with Gasteiger partial charge in [-0.2, -0.15) is 5.26 Å². The number of nitrogens with one attached hydrogen (secondary N) is 1. The number of hydrogen-bond donors (Lipinski definition) is 1. The molecule has 1 heterocycles. The molecular weight excluding hydrogens is 206 g/mol. The van der Waals surface area contributed by atoms with E-state index in [-0.39, 0.29) is 6.04 Å². The Morgan fingerprint density at radius 1 is 1.60 bits per heavy atom. The zero-order chi connectivity index (χ0) is 11.1. The van der Waals surface area contributed by atoms with E-state index in [0.29, 0.717) is 0 Å². The van der Waals surface area contributed by atoms with Crippen LogP contribution in [0.4, 0.5) is 0 Å². The Hall–Kier alpha value is -0.890. The highest BCUT2D eigenvalue weighted by molar-refractivity contribution is 7.10. The third-order valence-corrected chi connectivity index (χ3v) is 3.02. The number of thiophene rings is 1. The molecule has 3 nitrogen and oxygen atoms in total. The van der Waals surface area contributed by atoms with Gasteiger partial charge in [0.25, 0.3) is 0 Å². The second kappa shape index (κ2) is 6.57. The lowest BCUT2D eigenvalue weighted by atomic mass is 10.2. The molecule has 15 heavy (non-hydrogen) atoms. The van der Waals surface area contributed by atoms with E-state index in [4.69, 9.17) is 5.26 Å². The lowest BCUT2D eigenvalue weighted by Gasteiger charge is -2.12. The minimum atomic E-state index is -0.146. The molecule has 0 amide bonds. The van der Waals surface area contributed by atoms with Crippen LogP contribution in [0.25, 0.3) is 0 Å². The van der Waals surface area contributed by atoms with Crippen molar-refractivity contribution in [3.8, 4) is 6.07 Å². The van der Waals surface area contributed by atoms with Crippen LogP contribution >= 0.6 is 11.3 Å². The quantitative estimate of drug-likeness (QED) is 0.748. The first kappa shape index (κ1) is 12.2. The van der Waals surface area contributed by atoms with Gasteiger partial charge in [-0.05, 0) is 45.1 Å². The van der Waals surface area contributed by atoms with E-state index in [1.807, 2.05) is 17.5 Å². The standard InChI is InChI=1S/C11H17N3S/c1-14(2)7-4-6-13-10(9-12)11-5-3-8-15-11/h3,5,8,10,13H,4,6-7H2,1-2H3. The molecule has 4 heteroatoms. The number of rotatable bonds is 6. The Balaban J connectivity index is 2.27. The Bertz CT molecular complexity index is 300. The summed E-state index contributed by atoms with van der Waals surface area (Å²) in [5.74, 6) is 0. The molecule has 0 fully saturated rings. The highest BCUT2D eigenvalue weighted by Crippen LogP contribution is 2.17. The minimum Gasteiger partial charge on any atom is -0.309 e. The van der Waals surface area contributed by atoms with E-state index in [1.165, 1.54) is 0 Å². The summed E-state index contributed by atoms with van der Waals surface area (Å²) in [5.41, 5.74) is 0. The second-order valence-electron chi connectivity index (χ2n) is 3.69. The predicted molar refractivity (Wildman–Crippen MR) is 63.8 cm³/mol. The van der Waals surface area contributed by atoms with E-state index >= 15 is 0 Å². The van der Waals surface area contributed by atoms with Crippen molar-refractivity contribution in [2.75, 3.05) is 27.2 Å². The van der Waals surface area contributed by atoms with Crippen molar-refractivity contribution in [3.05, 3.63) is 22.4 Å². The summed E-state index contributed by atoms with van der Waals surface area (Å²) in [5, 5.41) is 14.2. The van der Waals surface area contributed by atoms with E-state index in [2.05, 4.69) is 30.4 Å². The fourth-order valence-electron chi connectivity index (χ4n) is 1.31. The molecule has 1 unspecified atom stereocenters. The molecule has 0 aliphatic carbocycles. The highest BCUT2D eigenvalue weighted by atomic mass is 32.1. The zero-order valence-corrected chi connectivity index (χ0v) is 10.0. The van der Waals surface area contributed by atoms with E-state index in [0.717, 1.165) is 24.4 Å². The van der Waals surface area contributed by atoms with Gasteiger partial charge in [-0.15, -0.1) is 11.3 Å². The molecular formula is C11H17N3S. The fourth-order valence-corrected chi connectivity index (χ4v) is 2.05. The first-order valence-corrected chi connectivity index (χ1v) is 5.93. The van der Waals surface area contributed by atoms with Crippen molar-refractivity contribution < 1.29 is 0 Å². The van der Waals surface area contributed by atoms with Crippen molar-refractivity contribution in [2.24, 2.45) is 0 Å². The molecule has 0 saturated carbocycles. The molecule has 1 N–H and O–H groups in total. The Kier molecular flexibility index (Phi) is 5.33. The minimum absolute atomic E-state index is 0.146. The summed E-state index contributed by atoms with van der Waals surface area (Å²) in [4.78, 5) is 3.25. The largest absolute Gasteiger partial charge is 0.309 e. The Morgan fingerprint density at radius 2 is 2.40 bits per heavy atom. The summed E-state index contributed by atoms with van der Waals surface area (Å²) >= 11 is 1.62. The normalized spacial score (nSPS) is 12.7. The summed E-state index contributed by atoms with van der Waals surface area (Å²) in [6.45, 7) is 1.93. The van der Waals surface area contributed by atoms with Crippen LogP contribution in [0.3, 0.4) is 0 Å². The average molecular weight is 223 g/mol. The van der Waals surface area contributed by atoms with Gasteiger partial charge in [-0.3, -0.25) is 5.32 Å². The summed E-state index contributed by atoms with van der Waals surface area (Å²) in [7, 11) is 4.11. The van der Waals surface area contributed by atoms with Crippen LogP contribution in [0.1, 0.15) is 17.3 Å². The van der Waals surface area contributed by atoms with Gasteiger partial charge in [0, 0.05) is 4.88 Å². The van der Waals surface area contributed by atoms with Crippen LogP contribution in [0.5, 0.6) is 0 Å². The monoisotopic (exact) mass is 223 g/mol. The Labute approximate surface area is 95.3 Å². The fraction of sp³-hybridized carbons (Fsp3) is 0.545. The third kappa shape index (κ3) is 4.43. The number of nitrogens with zero attached hydrogens (tertiary/aromatic N) is 2. The van der Waals surface area contributed by atoms with Crippen molar-refractivity contribution in [2.45, 2.75) is 12.5 Å². The zero-order valence-electron chi connectivity index (χ0n) is 9.23. The van der Waals surface area contributed by atoms with Gasteiger partial charge in [0.2, 0.25) is 0 Å². The van der Waals surface area contributed by atoms with Crippen molar-refractivity contribution in [1.29, 1.82) is 5.26 Å². The summed E-state index contributed by atoms with van der Waals surface area (Å²) in [6.07, 6.45) is 1.07. The first-order valence-electron chi connectivity index (χ1n) is 5.05. The molecule has 1 aromatic rings. The van der Waals surface area contributed by atoms with Gasteiger partial charge in [0.05, 0.1) is 6.07 Å². The number of nitriles is 1. The van der Waals surface area contributed by atoms with Gasteiger partial charge in [-0.1, -0.05) is 6.07 Å². The van der Waals surface area contributed by atoms with E-state index < -0.39 is 0 Å². The van der Waals surface area contributed by atoms with Crippen LogP contribution in [0, 0.1) is 11.3 Å². The molecule has 0 spiro atoms. The molecule has 0 saturated heterocycles. The highest BCUT2D eigenvalue weighted by Gasteiger charge is 2.09. The van der Waals surface area contributed by atoms with E-state index in [9.17, 15) is 0 Å². The number of hydrogen-bond acceptors (Lipinski definition) is 4. The van der Waals surface area contributed by atoms with Gasteiger partial charge in [0.1, 0.15) is 6.04 Å². The summed E-state index contributed by atoms with van der Waals surface area (Å²) in [6, 6.07) is 6.11. The molecule has 1 rings (SSSR count). The van der Waals surface area contributed by atoms with Crippen LogP contribution in [-0.4, -0.2) is 32.1 Å². The van der Waals surface area contributed by atoms with Crippen molar-refractivity contribution in [3.63, 3.8) is 0 Å². The molecule has 0 aromatic carbocycles. The van der Waals surface area contributed by atoms with Crippen molar-refractivity contribution >= 4 is 11.3 Å². The molecule has 0 radical (unpaired) electrons. The maximum Gasteiger partial charge on any atom is 0.130 e. The Morgan fingerprint density at radius 3 is 2.93 bits per heavy atom. The average Bonchev–Trinajstić information content (AvgIpc) is 2.70. The second-order valence-corrected chi connectivity index (χ2v) is 4.67. The summed E-state index contributed by atoms with van der Waals surface area (Å²) < 4.78 is 0. The topological polar surface area (TPSA) is 39.1 Å². The molecule has 0 aliphatic heterocycles. The van der Waals surface area contributed by atoms with Crippen LogP contribution in [-0.2, 0) is 0 Å². The lowest BCUT2D eigenvalue weighted by Crippen LogP contribution is -2.24. The van der Waals surface area contributed by atoms with Crippen LogP contribution in [0.2, 0.25) is 0 Å². The van der Waals surface area contributed by atoms with Gasteiger partial charge < -0.3 is 4.90 Å². The SMILES string of the molecule is CN(C)CCCNC(C#N)c1cccs1. The molecule has 1 atom stereocenters. The van der Waals surface area contributed by atoms with Gasteiger partial charge >= 0.3 is 0 Å². The smallest absolute Gasteiger partial charge is 0.130 e. The van der Waals surface area contributed by atoms with Crippen LogP contribution in [0.15, 0.2) is 17.5 Å².